The summed E-state index contributed by atoms with van der Waals surface area (Å²) in [6.07, 6.45) is 4.93. The van der Waals surface area contributed by atoms with Crippen molar-refractivity contribution in [2.75, 3.05) is 25.2 Å². The van der Waals surface area contributed by atoms with Crippen molar-refractivity contribution in [2.24, 2.45) is 0 Å². The van der Waals surface area contributed by atoms with E-state index in [1.54, 1.807) is 36.5 Å². The highest BCUT2D eigenvalue weighted by Gasteiger charge is 2.25. The first kappa shape index (κ1) is 19.0. The number of allylic oxidation sites excluding steroid dienone is 1. The van der Waals surface area contributed by atoms with E-state index in [1.807, 2.05) is 23.4 Å². The van der Waals surface area contributed by atoms with Gasteiger partial charge in [0.2, 0.25) is 12.7 Å². The summed E-state index contributed by atoms with van der Waals surface area (Å²) in [5.74, 6) is 1.67. The predicted molar refractivity (Wildman–Crippen MR) is 107 cm³/mol. The average Bonchev–Trinajstić information content (AvgIpc) is 3.36. The molecule has 2 amide bonds. The second-order valence-corrected chi connectivity index (χ2v) is 7.46. The molecule has 0 spiro atoms. The largest absolute Gasteiger partial charge is 0.454 e. The Kier molecular flexibility index (Phi) is 5.24. The van der Waals surface area contributed by atoms with E-state index >= 15 is 0 Å². The van der Waals surface area contributed by atoms with Crippen LogP contribution in [0.5, 0.6) is 11.5 Å². The van der Waals surface area contributed by atoms with Crippen LogP contribution in [-0.2, 0) is 4.79 Å². The second-order valence-electron chi connectivity index (χ2n) is 7.46. The van der Waals surface area contributed by atoms with Gasteiger partial charge in [-0.25, -0.2) is 4.68 Å². The lowest BCUT2D eigenvalue weighted by Gasteiger charge is -2.32. The molecule has 8 heteroatoms. The van der Waals surface area contributed by atoms with Crippen LogP contribution in [-0.4, -0.2) is 46.4 Å². The summed E-state index contributed by atoms with van der Waals surface area (Å²) in [7, 11) is 0. The van der Waals surface area contributed by atoms with E-state index < -0.39 is 0 Å². The molecule has 1 N–H and O–H groups in total. The molecule has 8 nitrogen and oxygen atoms in total. The lowest BCUT2D eigenvalue weighted by Crippen LogP contribution is -2.38. The number of ether oxygens (including phenoxy) is 2. The van der Waals surface area contributed by atoms with E-state index in [1.165, 1.54) is 0 Å². The van der Waals surface area contributed by atoms with Crippen LogP contribution in [0.2, 0.25) is 0 Å². The molecular formula is C21H24N4O4. The van der Waals surface area contributed by atoms with Gasteiger partial charge in [-0.3, -0.25) is 9.59 Å². The van der Waals surface area contributed by atoms with Gasteiger partial charge in [-0.05, 0) is 44.9 Å². The fraction of sp³-hybridized carbons (Fsp3) is 0.381. The molecule has 2 aliphatic heterocycles. The van der Waals surface area contributed by atoms with Crippen LogP contribution < -0.4 is 14.8 Å². The van der Waals surface area contributed by atoms with Crippen LogP contribution in [0.15, 0.2) is 42.1 Å². The van der Waals surface area contributed by atoms with E-state index in [-0.39, 0.29) is 24.6 Å². The molecule has 0 saturated carbocycles. The number of benzene rings is 1. The maximum absolute atomic E-state index is 12.7. The molecule has 2 aliphatic rings. The van der Waals surface area contributed by atoms with Crippen LogP contribution in [0.4, 0.5) is 5.82 Å². The minimum Gasteiger partial charge on any atom is -0.454 e. The molecule has 0 bridgehead atoms. The quantitative estimate of drug-likeness (QED) is 0.803. The Bertz CT molecular complexity index is 953. The lowest BCUT2D eigenvalue weighted by atomic mass is 10.0. The van der Waals surface area contributed by atoms with Gasteiger partial charge in [0.25, 0.3) is 5.91 Å². The van der Waals surface area contributed by atoms with Crippen molar-refractivity contribution in [1.29, 1.82) is 0 Å². The minimum atomic E-state index is -0.235. The molecule has 152 valence electrons. The summed E-state index contributed by atoms with van der Waals surface area (Å²) in [4.78, 5) is 26.7. The third kappa shape index (κ3) is 4.11. The molecule has 1 aromatic heterocycles. The molecule has 1 aromatic carbocycles. The first-order valence-corrected chi connectivity index (χ1v) is 9.69. The Balaban J connectivity index is 1.41. The molecule has 0 unspecified atom stereocenters. The molecule has 2 aromatic rings. The minimum absolute atomic E-state index is 0.0558. The van der Waals surface area contributed by atoms with Crippen molar-refractivity contribution in [3.05, 3.63) is 47.7 Å². The highest BCUT2D eigenvalue weighted by atomic mass is 16.7. The SMILES string of the molecule is CC(C)=CC(=O)N1CCC(n2nccc2NC(=O)c2ccc3c(c2)OCO3)CC1. The van der Waals surface area contributed by atoms with Gasteiger partial charge in [0, 0.05) is 30.8 Å². The zero-order chi connectivity index (χ0) is 20.4. The van der Waals surface area contributed by atoms with E-state index in [0.29, 0.717) is 36.0 Å². The van der Waals surface area contributed by atoms with Crippen molar-refractivity contribution >= 4 is 17.6 Å². The Morgan fingerprint density at radius 3 is 2.66 bits per heavy atom. The summed E-state index contributed by atoms with van der Waals surface area (Å²) >= 11 is 0. The fourth-order valence-corrected chi connectivity index (χ4v) is 3.60. The summed E-state index contributed by atoms with van der Waals surface area (Å²) < 4.78 is 12.5. The Morgan fingerprint density at radius 1 is 1.14 bits per heavy atom. The monoisotopic (exact) mass is 396 g/mol. The summed E-state index contributed by atoms with van der Waals surface area (Å²) in [5.41, 5.74) is 1.49. The first-order valence-electron chi connectivity index (χ1n) is 9.69. The number of amides is 2. The topological polar surface area (TPSA) is 85.7 Å². The number of nitrogens with one attached hydrogen (secondary N) is 1. The van der Waals surface area contributed by atoms with Crippen LogP contribution in [0.3, 0.4) is 0 Å². The summed E-state index contributed by atoms with van der Waals surface area (Å²) in [6.45, 7) is 5.35. The number of hydrogen-bond acceptors (Lipinski definition) is 5. The Hall–Kier alpha value is -3.29. The van der Waals surface area contributed by atoms with E-state index in [2.05, 4.69) is 10.4 Å². The van der Waals surface area contributed by atoms with Crippen LogP contribution in [0.1, 0.15) is 43.1 Å². The summed E-state index contributed by atoms with van der Waals surface area (Å²) in [5, 5.41) is 7.34. The van der Waals surface area contributed by atoms with Gasteiger partial charge in [0.05, 0.1) is 12.2 Å². The van der Waals surface area contributed by atoms with Gasteiger partial charge in [0.1, 0.15) is 5.82 Å². The number of aromatic nitrogens is 2. The van der Waals surface area contributed by atoms with Gasteiger partial charge in [-0.15, -0.1) is 0 Å². The molecule has 3 heterocycles. The van der Waals surface area contributed by atoms with Crippen molar-refractivity contribution < 1.29 is 19.1 Å². The van der Waals surface area contributed by atoms with Crippen molar-refractivity contribution in [3.63, 3.8) is 0 Å². The number of carbonyl (C=O) groups is 2. The van der Waals surface area contributed by atoms with E-state index in [9.17, 15) is 9.59 Å². The van der Waals surface area contributed by atoms with Gasteiger partial charge in [-0.2, -0.15) is 5.10 Å². The van der Waals surface area contributed by atoms with Crippen LogP contribution in [0.25, 0.3) is 0 Å². The first-order chi connectivity index (χ1) is 14.0. The van der Waals surface area contributed by atoms with Gasteiger partial charge in [-0.1, -0.05) is 5.57 Å². The normalized spacial score (nSPS) is 15.9. The summed E-state index contributed by atoms with van der Waals surface area (Å²) in [6, 6.07) is 7.02. The molecule has 4 rings (SSSR count). The fourth-order valence-electron chi connectivity index (χ4n) is 3.60. The molecular weight excluding hydrogens is 372 g/mol. The van der Waals surface area contributed by atoms with Crippen molar-refractivity contribution in [2.45, 2.75) is 32.7 Å². The lowest BCUT2D eigenvalue weighted by molar-refractivity contribution is -0.127. The molecule has 1 saturated heterocycles. The van der Waals surface area contributed by atoms with Crippen LogP contribution in [0, 0.1) is 0 Å². The number of nitrogens with zero attached hydrogens (tertiary/aromatic N) is 3. The van der Waals surface area contributed by atoms with Crippen molar-refractivity contribution in [1.82, 2.24) is 14.7 Å². The number of hydrogen-bond donors (Lipinski definition) is 1. The molecule has 0 aliphatic carbocycles. The van der Waals surface area contributed by atoms with Gasteiger partial charge >= 0.3 is 0 Å². The number of anilines is 1. The highest BCUT2D eigenvalue weighted by molar-refractivity contribution is 6.04. The average molecular weight is 396 g/mol. The molecule has 1 fully saturated rings. The second kappa shape index (κ2) is 7.98. The van der Waals surface area contributed by atoms with Gasteiger partial charge < -0.3 is 19.7 Å². The Morgan fingerprint density at radius 2 is 1.90 bits per heavy atom. The van der Waals surface area contributed by atoms with Crippen LogP contribution >= 0.6 is 0 Å². The number of carbonyl (C=O) groups excluding carboxylic acids is 2. The zero-order valence-electron chi connectivity index (χ0n) is 16.6. The smallest absolute Gasteiger partial charge is 0.256 e. The zero-order valence-corrected chi connectivity index (χ0v) is 16.6. The third-order valence-electron chi connectivity index (χ3n) is 5.08. The van der Waals surface area contributed by atoms with E-state index in [4.69, 9.17) is 9.47 Å². The standard InChI is InChI=1S/C21H24N4O4/c1-14(2)11-20(26)24-9-6-16(7-10-24)25-19(5-8-22-25)23-21(27)15-3-4-17-18(12-15)29-13-28-17/h3-5,8,11-12,16H,6-7,9-10,13H2,1-2H3,(H,23,27). The maximum atomic E-state index is 12.7. The predicted octanol–water partition coefficient (Wildman–Crippen LogP) is 2.99. The van der Waals surface area contributed by atoms with Gasteiger partial charge in [0.15, 0.2) is 11.5 Å². The third-order valence-corrected chi connectivity index (χ3v) is 5.08. The highest BCUT2D eigenvalue weighted by Crippen LogP contribution is 2.33. The molecule has 0 radical (unpaired) electrons. The maximum Gasteiger partial charge on any atom is 0.256 e. The number of rotatable bonds is 4. The number of likely N-dealkylation sites (tertiary alicyclic amines) is 1. The number of fused-ring (bicyclic) bond motifs is 1. The van der Waals surface area contributed by atoms with Crippen molar-refractivity contribution in [3.8, 4) is 11.5 Å². The molecule has 29 heavy (non-hydrogen) atoms. The number of piperidine rings is 1. The van der Waals surface area contributed by atoms with E-state index in [0.717, 1.165) is 18.4 Å². The molecule has 0 atom stereocenters. The Labute approximate surface area is 169 Å².